The summed E-state index contributed by atoms with van der Waals surface area (Å²) in [6, 6.07) is 8.37. The van der Waals surface area contributed by atoms with Crippen LogP contribution in [0.25, 0.3) is 0 Å². The Morgan fingerprint density at radius 3 is 2.25 bits per heavy atom. The van der Waals surface area contributed by atoms with Gasteiger partial charge in [-0.3, -0.25) is 0 Å². The third kappa shape index (κ3) is 3.48. The van der Waals surface area contributed by atoms with Crippen LogP contribution >= 0.6 is 8.45 Å². The predicted octanol–water partition coefficient (Wildman–Crippen LogP) is 4.71. The van der Waals surface area contributed by atoms with Gasteiger partial charge in [-0.1, -0.05) is 18.2 Å². The second-order valence-corrected chi connectivity index (χ2v) is 7.41. The molecule has 0 N–H and O–H groups in total. The van der Waals surface area contributed by atoms with Crippen molar-refractivity contribution < 1.29 is 30.9 Å². The zero-order chi connectivity index (χ0) is 17.5. The minimum atomic E-state index is -5.50. The van der Waals surface area contributed by atoms with E-state index in [1.807, 2.05) is 0 Å². The van der Waals surface area contributed by atoms with Gasteiger partial charge in [0.2, 0.25) is 8.45 Å². The molecule has 0 aliphatic carbocycles. The van der Waals surface area contributed by atoms with E-state index in [0.717, 1.165) is 12.8 Å². The summed E-state index contributed by atoms with van der Waals surface area (Å²) in [5.74, 6) is 0. The normalized spacial score (nSPS) is 25.5. The number of fused-ring (bicyclic) bond motifs is 1. The van der Waals surface area contributed by atoms with Gasteiger partial charge in [0.25, 0.3) is 6.10 Å². The second kappa shape index (κ2) is 6.35. The van der Waals surface area contributed by atoms with Gasteiger partial charge < -0.3 is 9.19 Å². The smallest absolute Gasteiger partial charge is 0.315 e. The van der Waals surface area contributed by atoms with E-state index >= 15 is 0 Å². The van der Waals surface area contributed by atoms with Crippen molar-refractivity contribution in [3.8, 4) is 0 Å². The standard InChI is InChI=1S/C14H15F6N2OP/c15-13(16,17)12(14(18,19)20)23-24-21-8-4-7-11(21)9-22(24)10-5-2-1-3-6-10/h1-3,5-6,11-12H,4,7-9H2. The van der Waals surface area contributed by atoms with Gasteiger partial charge in [0.15, 0.2) is 0 Å². The zero-order valence-corrected chi connectivity index (χ0v) is 13.3. The predicted molar refractivity (Wildman–Crippen MR) is 77.4 cm³/mol. The number of hydrogen-bond donors (Lipinski definition) is 0. The molecule has 2 unspecified atom stereocenters. The lowest BCUT2D eigenvalue weighted by Crippen LogP contribution is -2.44. The van der Waals surface area contributed by atoms with Crippen LogP contribution in [0.1, 0.15) is 12.8 Å². The monoisotopic (exact) mass is 372 g/mol. The van der Waals surface area contributed by atoms with Gasteiger partial charge >= 0.3 is 12.4 Å². The van der Waals surface area contributed by atoms with Gasteiger partial charge in [0, 0.05) is 24.8 Å². The second-order valence-electron chi connectivity index (χ2n) is 5.70. The van der Waals surface area contributed by atoms with Crippen LogP contribution < -0.4 is 4.67 Å². The topological polar surface area (TPSA) is 15.7 Å². The SMILES string of the molecule is FC(F)(F)C(OP1N(c2ccccc2)CC2CCCN21)C(F)(F)F. The highest BCUT2D eigenvalue weighted by Crippen LogP contribution is 2.59. The molecule has 0 amide bonds. The quantitative estimate of drug-likeness (QED) is 0.565. The Labute approximate surface area is 136 Å². The summed E-state index contributed by atoms with van der Waals surface area (Å²) in [7, 11) is -2.17. The molecule has 0 aromatic heterocycles. The average molecular weight is 372 g/mol. The summed E-state index contributed by atoms with van der Waals surface area (Å²) in [6.45, 7) is 0.820. The minimum Gasteiger partial charge on any atom is -0.315 e. The largest absolute Gasteiger partial charge is 0.424 e. The van der Waals surface area contributed by atoms with Crippen molar-refractivity contribution in [1.29, 1.82) is 0 Å². The molecule has 3 nitrogen and oxygen atoms in total. The lowest BCUT2D eigenvalue weighted by Gasteiger charge is -2.33. The van der Waals surface area contributed by atoms with Crippen molar-refractivity contribution in [2.75, 3.05) is 17.8 Å². The van der Waals surface area contributed by atoms with Gasteiger partial charge in [-0.2, -0.15) is 26.3 Å². The van der Waals surface area contributed by atoms with Crippen LogP contribution in [-0.2, 0) is 4.52 Å². The number of hydrogen-bond acceptors (Lipinski definition) is 3. The van der Waals surface area contributed by atoms with E-state index in [1.54, 1.807) is 35.0 Å². The van der Waals surface area contributed by atoms with Crippen LogP contribution in [0.3, 0.4) is 0 Å². The van der Waals surface area contributed by atoms with Crippen LogP contribution in [0.2, 0.25) is 0 Å². The molecule has 0 bridgehead atoms. The molecule has 10 heteroatoms. The van der Waals surface area contributed by atoms with Crippen molar-refractivity contribution >= 4 is 14.1 Å². The van der Waals surface area contributed by atoms with Crippen molar-refractivity contribution in [3.63, 3.8) is 0 Å². The molecular weight excluding hydrogens is 357 g/mol. The van der Waals surface area contributed by atoms with E-state index < -0.39 is 26.9 Å². The summed E-state index contributed by atoms with van der Waals surface area (Å²) in [4.78, 5) is 0. The number of alkyl halides is 6. The molecule has 2 aliphatic heterocycles. The first-order chi connectivity index (χ1) is 11.2. The van der Waals surface area contributed by atoms with Gasteiger partial charge in [0.1, 0.15) is 0 Å². The van der Waals surface area contributed by atoms with Crippen LogP contribution in [-0.4, -0.2) is 42.3 Å². The van der Waals surface area contributed by atoms with E-state index in [9.17, 15) is 26.3 Å². The van der Waals surface area contributed by atoms with Gasteiger partial charge in [-0.15, -0.1) is 0 Å². The van der Waals surface area contributed by atoms with Crippen molar-refractivity contribution in [3.05, 3.63) is 30.3 Å². The number of para-hydroxylation sites is 1. The Morgan fingerprint density at radius 2 is 1.67 bits per heavy atom. The highest BCUT2D eigenvalue weighted by atomic mass is 31.2. The maximum Gasteiger partial charge on any atom is 0.424 e. The fraction of sp³-hybridized carbons (Fsp3) is 0.571. The average Bonchev–Trinajstić information content (AvgIpc) is 3.04. The van der Waals surface area contributed by atoms with Gasteiger partial charge in [-0.25, -0.2) is 4.67 Å². The molecule has 0 radical (unpaired) electrons. The molecule has 24 heavy (non-hydrogen) atoms. The lowest BCUT2D eigenvalue weighted by atomic mass is 10.2. The molecule has 2 fully saturated rings. The first-order valence-electron chi connectivity index (χ1n) is 7.37. The van der Waals surface area contributed by atoms with E-state index in [1.165, 1.54) is 4.67 Å². The minimum absolute atomic E-state index is 0.0709. The molecule has 3 rings (SSSR count). The molecule has 2 heterocycles. The number of rotatable bonds is 3. The van der Waals surface area contributed by atoms with Crippen LogP contribution in [0.5, 0.6) is 0 Å². The summed E-state index contributed by atoms with van der Waals surface area (Å²) < 4.78 is 85.1. The summed E-state index contributed by atoms with van der Waals surface area (Å²) in [5.41, 5.74) is 0.570. The third-order valence-electron chi connectivity index (χ3n) is 4.00. The number of anilines is 1. The maximum atomic E-state index is 12.9. The Hall–Kier alpha value is -1.05. The van der Waals surface area contributed by atoms with Crippen molar-refractivity contribution in [2.24, 2.45) is 0 Å². The molecule has 2 atom stereocenters. The highest BCUT2D eigenvalue weighted by Gasteiger charge is 2.61. The molecule has 134 valence electrons. The lowest BCUT2D eigenvalue weighted by molar-refractivity contribution is -0.299. The Kier molecular flexibility index (Phi) is 4.70. The van der Waals surface area contributed by atoms with Crippen LogP contribution in [0.4, 0.5) is 32.0 Å². The molecule has 1 aromatic carbocycles. The van der Waals surface area contributed by atoms with Crippen LogP contribution in [0, 0.1) is 0 Å². The molecule has 2 aliphatic rings. The summed E-state index contributed by atoms with van der Waals surface area (Å²) in [6.07, 6.45) is -13.3. The summed E-state index contributed by atoms with van der Waals surface area (Å²) >= 11 is 0. The zero-order valence-electron chi connectivity index (χ0n) is 12.4. The summed E-state index contributed by atoms with van der Waals surface area (Å²) in [5, 5.41) is 0. The van der Waals surface area contributed by atoms with Gasteiger partial charge in [-0.05, 0) is 25.0 Å². The number of benzene rings is 1. The Morgan fingerprint density at radius 1 is 1.04 bits per heavy atom. The van der Waals surface area contributed by atoms with E-state index in [-0.39, 0.29) is 6.04 Å². The highest BCUT2D eigenvalue weighted by molar-refractivity contribution is 7.52. The first-order valence-corrected chi connectivity index (χ1v) is 8.54. The molecule has 0 spiro atoms. The van der Waals surface area contributed by atoms with E-state index in [0.29, 0.717) is 18.8 Å². The molecular formula is C14H15F6N2OP. The molecule has 2 saturated heterocycles. The third-order valence-corrected chi connectivity index (χ3v) is 6.18. The van der Waals surface area contributed by atoms with Crippen molar-refractivity contribution in [1.82, 2.24) is 4.67 Å². The van der Waals surface area contributed by atoms with Crippen LogP contribution in [0.15, 0.2) is 30.3 Å². The fourth-order valence-electron chi connectivity index (χ4n) is 2.96. The van der Waals surface area contributed by atoms with Crippen molar-refractivity contribution in [2.45, 2.75) is 37.3 Å². The molecule has 0 saturated carbocycles. The Balaban J connectivity index is 1.89. The maximum absolute atomic E-state index is 12.9. The number of nitrogens with zero attached hydrogens (tertiary/aromatic N) is 2. The fourth-order valence-corrected chi connectivity index (χ4v) is 5.34. The van der Waals surface area contributed by atoms with E-state index in [4.69, 9.17) is 0 Å². The first kappa shape index (κ1) is 17.8. The van der Waals surface area contributed by atoms with E-state index in [2.05, 4.69) is 4.52 Å². The van der Waals surface area contributed by atoms with Gasteiger partial charge in [0.05, 0.1) is 0 Å². The number of halogens is 6. The molecule has 1 aromatic rings. The Bertz CT molecular complexity index is 553.